The van der Waals surface area contributed by atoms with E-state index >= 15 is 0 Å². The minimum absolute atomic E-state index is 0.0585. The van der Waals surface area contributed by atoms with Gasteiger partial charge in [-0.05, 0) is 69.9 Å². The van der Waals surface area contributed by atoms with Gasteiger partial charge in [0, 0.05) is 14.9 Å². The first kappa shape index (κ1) is 25.0. The van der Waals surface area contributed by atoms with Gasteiger partial charge in [0.1, 0.15) is 17.8 Å². The van der Waals surface area contributed by atoms with Crippen LogP contribution < -0.4 is 10.1 Å². The smallest absolute Gasteiger partial charge is 0.480 e. The predicted octanol–water partition coefficient (Wildman–Crippen LogP) is 5.08. The van der Waals surface area contributed by atoms with E-state index < -0.39 is 42.0 Å². The summed E-state index contributed by atoms with van der Waals surface area (Å²) in [6.45, 7) is 0. The Morgan fingerprint density at radius 2 is 1.89 bits per heavy atom. The number of fused-ring (bicyclic) bond motifs is 1. The zero-order valence-electron chi connectivity index (χ0n) is 17.6. The molecule has 0 aliphatic carbocycles. The molecule has 0 fully saturated rings. The summed E-state index contributed by atoms with van der Waals surface area (Å²) in [6.07, 6.45) is -4.96. The second-order valence-electron chi connectivity index (χ2n) is 7.55. The van der Waals surface area contributed by atoms with Crippen LogP contribution in [0.2, 0.25) is 0 Å². The first-order valence-corrected chi connectivity index (χ1v) is 12.0. The minimum Gasteiger partial charge on any atom is -0.480 e. The summed E-state index contributed by atoms with van der Waals surface area (Å²) in [5.74, 6) is -3.23. The van der Waals surface area contributed by atoms with Crippen molar-refractivity contribution in [3.63, 3.8) is 0 Å². The first-order chi connectivity index (χ1) is 16.5. The third-order valence-corrected chi connectivity index (χ3v) is 6.83. The molecule has 1 aliphatic rings. The molecule has 4 rings (SSSR count). The number of rotatable bonds is 6. The summed E-state index contributed by atoms with van der Waals surface area (Å²) in [6, 6.07) is 9.80. The summed E-state index contributed by atoms with van der Waals surface area (Å²) >= 11 is 3.30. The van der Waals surface area contributed by atoms with E-state index in [0.29, 0.717) is 8.45 Å². The Balaban J connectivity index is 1.82. The molecule has 2 amide bonds. The van der Waals surface area contributed by atoms with Gasteiger partial charge in [-0.3, -0.25) is 9.59 Å². The number of nitrogens with one attached hydrogen (secondary N) is 1. The van der Waals surface area contributed by atoms with Crippen molar-refractivity contribution in [1.82, 2.24) is 4.90 Å². The van der Waals surface area contributed by atoms with Gasteiger partial charge in [0.25, 0.3) is 11.8 Å². The number of amides is 2. The lowest BCUT2D eigenvalue weighted by Gasteiger charge is -2.34. The highest BCUT2D eigenvalue weighted by Gasteiger charge is 2.43. The van der Waals surface area contributed by atoms with Crippen LogP contribution in [0.5, 0.6) is 5.75 Å². The molecule has 0 spiro atoms. The molecule has 0 bridgehead atoms. The fraction of sp³-hybridized carbons (Fsp3) is 0.174. The van der Waals surface area contributed by atoms with Gasteiger partial charge in [0.05, 0.1) is 11.3 Å². The van der Waals surface area contributed by atoms with Gasteiger partial charge in [0.15, 0.2) is 0 Å². The van der Waals surface area contributed by atoms with Crippen molar-refractivity contribution in [3.05, 3.63) is 79.6 Å². The number of carboxylic acids is 1. The van der Waals surface area contributed by atoms with Crippen molar-refractivity contribution < 1.29 is 37.4 Å². The van der Waals surface area contributed by atoms with Crippen LogP contribution in [-0.2, 0) is 16.0 Å². The third-order valence-electron chi connectivity index (χ3n) is 5.26. The number of hydrogen-bond acceptors (Lipinski definition) is 5. The van der Waals surface area contributed by atoms with Crippen molar-refractivity contribution in [1.29, 1.82) is 0 Å². The van der Waals surface area contributed by atoms with Crippen LogP contribution in [0.25, 0.3) is 0 Å². The number of carbonyl (C=O) groups is 3. The predicted molar refractivity (Wildman–Crippen MR) is 129 cm³/mol. The molecular formula is C23H16F3IN2O5S. The third kappa shape index (κ3) is 5.59. The lowest BCUT2D eigenvalue weighted by Crippen LogP contribution is -2.50. The van der Waals surface area contributed by atoms with E-state index in [2.05, 4.69) is 10.1 Å². The average molecular weight is 616 g/mol. The van der Waals surface area contributed by atoms with Gasteiger partial charge in [-0.25, -0.2) is 4.79 Å². The summed E-state index contributed by atoms with van der Waals surface area (Å²) in [7, 11) is 0. The molecule has 182 valence electrons. The van der Waals surface area contributed by atoms with Crippen LogP contribution in [-0.4, -0.2) is 40.2 Å². The largest absolute Gasteiger partial charge is 0.573 e. The van der Waals surface area contributed by atoms with Crippen molar-refractivity contribution in [3.8, 4) is 5.75 Å². The van der Waals surface area contributed by atoms with E-state index in [0.717, 1.165) is 17.0 Å². The van der Waals surface area contributed by atoms with E-state index in [1.807, 2.05) is 22.6 Å². The van der Waals surface area contributed by atoms with E-state index in [9.17, 15) is 32.7 Å². The molecule has 1 aromatic heterocycles. The van der Waals surface area contributed by atoms with E-state index in [-0.39, 0.29) is 23.2 Å². The fourth-order valence-corrected chi connectivity index (χ4v) is 5.03. The van der Waals surface area contributed by atoms with E-state index in [1.165, 1.54) is 29.5 Å². The number of alkyl halides is 3. The zero-order valence-corrected chi connectivity index (χ0v) is 20.6. The Bertz CT molecular complexity index is 1270. The number of hydrogen-bond donors (Lipinski definition) is 2. The van der Waals surface area contributed by atoms with Crippen molar-refractivity contribution >= 4 is 57.4 Å². The topological polar surface area (TPSA) is 95.9 Å². The average Bonchev–Trinajstić information content (AvgIpc) is 3.26. The first-order valence-electron chi connectivity index (χ1n) is 10.1. The summed E-state index contributed by atoms with van der Waals surface area (Å²) in [4.78, 5) is 41.2. The van der Waals surface area contributed by atoms with E-state index in [4.69, 9.17) is 0 Å². The molecule has 1 aliphatic heterocycles. The van der Waals surface area contributed by atoms with Crippen molar-refractivity contribution in [2.75, 3.05) is 5.32 Å². The van der Waals surface area contributed by atoms with Gasteiger partial charge in [-0.1, -0.05) is 18.2 Å². The van der Waals surface area contributed by atoms with Crippen molar-refractivity contribution in [2.45, 2.75) is 24.9 Å². The second kappa shape index (κ2) is 9.85. The molecule has 2 N–H and O–H groups in total. The molecule has 3 aromatic rings. The summed E-state index contributed by atoms with van der Waals surface area (Å²) in [5.41, 5.74) is 0.456. The van der Waals surface area contributed by atoms with Gasteiger partial charge in [-0.15, -0.1) is 24.5 Å². The second-order valence-corrected chi connectivity index (χ2v) is 9.83. The molecule has 2 heterocycles. The molecule has 7 nitrogen and oxygen atoms in total. The molecule has 2 unspecified atom stereocenters. The van der Waals surface area contributed by atoms with Crippen LogP contribution >= 0.6 is 33.9 Å². The maximum absolute atomic E-state index is 13.7. The zero-order chi connectivity index (χ0) is 25.3. The molecule has 2 atom stereocenters. The van der Waals surface area contributed by atoms with Gasteiger partial charge in [0.2, 0.25) is 0 Å². The van der Waals surface area contributed by atoms with Gasteiger partial charge in [-0.2, -0.15) is 0 Å². The number of nitrogens with zero attached hydrogens (tertiary/aromatic N) is 1. The van der Waals surface area contributed by atoms with Crippen LogP contribution in [0, 0.1) is 3.57 Å². The Kier molecular flexibility index (Phi) is 7.03. The molecule has 12 heteroatoms. The molecule has 0 saturated carbocycles. The number of carbonyl (C=O) groups excluding carboxylic acids is 2. The van der Waals surface area contributed by atoms with Gasteiger partial charge < -0.3 is 20.1 Å². The lowest BCUT2D eigenvalue weighted by atomic mass is 9.99. The highest BCUT2D eigenvalue weighted by atomic mass is 127. The Labute approximate surface area is 214 Å². The SMILES string of the molecule is O=C(O)C(Cc1cccs1)N1C(=O)c2cc(I)ccc2NC(=O)C1c1ccc(OC(F)(F)F)cc1. The Morgan fingerprint density at radius 1 is 1.17 bits per heavy atom. The van der Waals surface area contributed by atoms with Crippen LogP contribution in [0.1, 0.15) is 26.8 Å². The molecule has 35 heavy (non-hydrogen) atoms. The number of halogens is 4. The Morgan fingerprint density at radius 3 is 2.49 bits per heavy atom. The summed E-state index contributed by atoms with van der Waals surface area (Å²) in [5, 5.41) is 14.5. The number of anilines is 1. The quantitative estimate of drug-likeness (QED) is 0.377. The van der Waals surface area contributed by atoms with Crippen LogP contribution in [0.3, 0.4) is 0 Å². The van der Waals surface area contributed by atoms with Crippen molar-refractivity contribution in [2.24, 2.45) is 0 Å². The highest BCUT2D eigenvalue weighted by Crippen LogP contribution is 2.35. The van der Waals surface area contributed by atoms with Crippen LogP contribution in [0.4, 0.5) is 18.9 Å². The van der Waals surface area contributed by atoms with Crippen LogP contribution in [0.15, 0.2) is 60.0 Å². The highest BCUT2D eigenvalue weighted by molar-refractivity contribution is 14.1. The maximum Gasteiger partial charge on any atom is 0.573 e. The number of carboxylic acid groups (broad SMARTS) is 1. The lowest BCUT2D eigenvalue weighted by molar-refractivity contribution is -0.274. The molecule has 0 saturated heterocycles. The number of ether oxygens (including phenoxy) is 1. The minimum atomic E-state index is -4.91. The van der Waals surface area contributed by atoms with Gasteiger partial charge >= 0.3 is 12.3 Å². The number of aliphatic carboxylic acids is 1. The summed E-state index contributed by atoms with van der Waals surface area (Å²) < 4.78 is 42.3. The Hall–Kier alpha value is -3.13. The molecule has 0 radical (unpaired) electrons. The normalized spacial score (nSPS) is 16.8. The number of benzene rings is 2. The monoisotopic (exact) mass is 616 g/mol. The maximum atomic E-state index is 13.7. The van der Waals surface area contributed by atoms with E-state index in [1.54, 1.807) is 29.6 Å². The molecular weight excluding hydrogens is 600 g/mol. The number of thiophene rings is 1. The molecule has 2 aromatic carbocycles. The fourth-order valence-electron chi connectivity index (χ4n) is 3.80. The standard InChI is InChI=1S/C23H16F3IN2O5S/c24-23(25,26)34-14-6-3-12(4-7-14)19-20(30)28-17-8-5-13(27)10-16(17)21(31)29(19)18(22(32)33)11-15-2-1-9-35-15/h1-10,18-19H,11H2,(H,28,30)(H,32,33).